The van der Waals surface area contributed by atoms with E-state index in [1.54, 1.807) is 0 Å². The van der Waals surface area contributed by atoms with E-state index in [-0.39, 0.29) is 5.79 Å². The minimum Gasteiger partial charge on any atom is -0.343 e. The van der Waals surface area contributed by atoms with Gasteiger partial charge in [-0.15, -0.1) is 0 Å². The predicted octanol–water partition coefficient (Wildman–Crippen LogP) is 2.88. The predicted molar refractivity (Wildman–Crippen MR) is 97.9 cm³/mol. The molecule has 4 heteroatoms. The van der Waals surface area contributed by atoms with Crippen molar-refractivity contribution in [2.45, 2.75) is 38.4 Å². The summed E-state index contributed by atoms with van der Waals surface area (Å²) in [6.07, 6.45) is 11.9. The van der Waals surface area contributed by atoms with Crippen LogP contribution in [0.15, 0.2) is 36.0 Å². The first-order chi connectivity index (χ1) is 11.7. The molecule has 0 radical (unpaired) electrons. The van der Waals surface area contributed by atoms with Gasteiger partial charge < -0.3 is 14.8 Å². The first-order valence-corrected chi connectivity index (χ1v) is 9.38. The number of likely N-dealkylation sites (tertiary alicyclic amines) is 1. The lowest BCUT2D eigenvalue weighted by atomic mass is 9.96. The van der Waals surface area contributed by atoms with Gasteiger partial charge in [-0.05, 0) is 50.8 Å². The molecule has 134 valence electrons. The number of ether oxygens (including phenoxy) is 2. The van der Waals surface area contributed by atoms with E-state index in [1.165, 1.54) is 31.5 Å². The number of rotatable bonds is 10. The first-order valence-electron chi connectivity index (χ1n) is 9.38. The van der Waals surface area contributed by atoms with Crippen molar-refractivity contribution in [3.8, 4) is 0 Å². The van der Waals surface area contributed by atoms with Gasteiger partial charge in [0.05, 0.1) is 6.61 Å². The van der Waals surface area contributed by atoms with Crippen molar-refractivity contribution in [2.75, 3.05) is 45.9 Å². The maximum atomic E-state index is 5.80. The summed E-state index contributed by atoms with van der Waals surface area (Å²) in [4.78, 5) is 2.57. The van der Waals surface area contributed by atoms with Gasteiger partial charge in [0.1, 0.15) is 6.61 Å². The molecule has 1 N–H and O–H groups in total. The first kappa shape index (κ1) is 17.9. The Morgan fingerprint density at radius 1 is 1.46 bits per heavy atom. The summed E-state index contributed by atoms with van der Waals surface area (Å²) in [5.41, 5.74) is 2.53. The number of hydrogen-bond acceptors (Lipinski definition) is 4. The molecule has 0 bridgehead atoms. The summed E-state index contributed by atoms with van der Waals surface area (Å²) in [5, 5.41) is 3.58. The topological polar surface area (TPSA) is 37.0 Å². The molecule has 2 aliphatic heterocycles. The monoisotopic (exact) mass is 332 g/mol. The Morgan fingerprint density at radius 3 is 2.96 bits per heavy atom. The zero-order valence-corrected chi connectivity index (χ0v) is 15.1. The van der Waals surface area contributed by atoms with Crippen LogP contribution in [0.2, 0.25) is 0 Å². The highest BCUT2D eigenvalue weighted by Gasteiger charge is 2.45. The van der Waals surface area contributed by atoms with E-state index in [0.717, 1.165) is 38.0 Å². The minimum absolute atomic E-state index is 0.338. The molecule has 0 aromatic heterocycles. The van der Waals surface area contributed by atoms with E-state index in [9.17, 15) is 0 Å². The fourth-order valence-electron chi connectivity index (χ4n) is 3.47. The van der Waals surface area contributed by atoms with Crippen LogP contribution in [0, 0.1) is 5.92 Å². The number of hydrogen-bond donors (Lipinski definition) is 1. The van der Waals surface area contributed by atoms with Crippen molar-refractivity contribution < 1.29 is 9.47 Å². The molecule has 0 aromatic carbocycles. The Balaban J connectivity index is 1.33. The summed E-state index contributed by atoms with van der Waals surface area (Å²) >= 11 is 0. The zero-order valence-electron chi connectivity index (χ0n) is 15.1. The van der Waals surface area contributed by atoms with Crippen LogP contribution in [0.4, 0.5) is 0 Å². The summed E-state index contributed by atoms with van der Waals surface area (Å²) in [6.45, 7) is 12.8. The summed E-state index contributed by atoms with van der Waals surface area (Å²) in [5.74, 6) is 0.273. The molecule has 2 atom stereocenters. The lowest BCUT2D eigenvalue weighted by Crippen LogP contribution is -2.29. The maximum Gasteiger partial charge on any atom is 0.193 e. The summed E-state index contributed by atoms with van der Waals surface area (Å²) < 4.78 is 11.3. The van der Waals surface area contributed by atoms with Gasteiger partial charge in [0.25, 0.3) is 0 Å². The molecule has 3 rings (SSSR count). The molecule has 0 amide bonds. The normalized spacial score (nSPS) is 29.7. The van der Waals surface area contributed by atoms with E-state index in [0.29, 0.717) is 19.1 Å². The average molecular weight is 332 g/mol. The van der Waals surface area contributed by atoms with Crippen LogP contribution in [0.5, 0.6) is 0 Å². The molecule has 0 spiro atoms. The minimum atomic E-state index is -0.338. The van der Waals surface area contributed by atoms with Crippen molar-refractivity contribution in [3.05, 3.63) is 36.0 Å². The van der Waals surface area contributed by atoms with Crippen molar-refractivity contribution in [1.82, 2.24) is 10.2 Å². The second-order valence-corrected chi connectivity index (χ2v) is 7.52. The molecule has 1 aliphatic carbocycles. The average Bonchev–Trinajstić information content (AvgIpc) is 3.16. The van der Waals surface area contributed by atoms with E-state index in [2.05, 4.69) is 35.0 Å². The third-order valence-electron chi connectivity index (χ3n) is 4.96. The fraction of sp³-hybridized carbons (Fsp3) is 0.700. The lowest BCUT2D eigenvalue weighted by Gasteiger charge is -2.21. The van der Waals surface area contributed by atoms with Gasteiger partial charge in [-0.3, -0.25) is 4.90 Å². The van der Waals surface area contributed by atoms with Crippen LogP contribution in [0.1, 0.15) is 32.6 Å². The quantitative estimate of drug-likeness (QED) is 0.379. The zero-order chi connectivity index (χ0) is 16.8. The molecular formula is C20H32N2O2. The van der Waals surface area contributed by atoms with Gasteiger partial charge in [0.15, 0.2) is 5.79 Å². The molecular weight excluding hydrogens is 300 g/mol. The van der Waals surface area contributed by atoms with Crippen LogP contribution in [-0.4, -0.2) is 56.6 Å². The fourth-order valence-corrected chi connectivity index (χ4v) is 3.47. The smallest absolute Gasteiger partial charge is 0.193 e. The van der Waals surface area contributed by atoms with E-state index in [1.807, 2.05) is 6.92 Å². The van der Waals surface area contributed by atoms with Crippen molar-refractivity contribution in [3.63, 3.8) is 0 Å². The standard InChI is InChI=1S/C20H32N2O2/c1-17(2)15-23-20(16-24-20)8-9-21-13-18-6-5-7-19(12-18)14-22-10-3-4-11-22/h5,7,12,18,21H,1,3-4,6,8-11,13-16H2,2H3. The van der Waals surface area contributed by atoms with Crippen LogP contribution < -0.4 is 5.32 Å². The summed E-state index contributed by atoms with van der Waals surface area (Å²) in [6, 6.07) is 0. The van der Waals surface area contributed by atoms with E-state index < -0.39 is 0 Å². The number of allylic oxidation sites excluding steroid dienone is 1. The second kappa shape index (κ2) is 8.43. The number of nitrogens with one attached hydrogen (secondary N) is 1. The van der Waals surface area contributed by atoms with E-state index >= 15 is 0 Å². The molecule has 4 nitrogen and oxygen atoms in total. The Morgan fingerprint density at radius 2 is 2.25 bits per heavy atom. The van der Waals surface area contributed by atoms with Gasteiger partial charge in [0.2, 0.25) is 0 Å². The number of nitrogens with zero attached hydrogens (tertiary/aromatic N) is 1. The number of epoxide rings is 1. The van der Waals surface area contributed by atoms with Crippen molar-refractivity contribution in [2.24, 2.45) is 5.92 Å². The van der Waals surface area contributed by atoms with Crippen LogP contribution in [-0.2, 0) is 9.47 Å². The van der Waals surface area contributed by atoms with Crippen molar-refractivity contribution in [1.29, 1.82) is 0 Å². The van der Waals surface area contributed by atoms with Gasteiger partial charge >= 0.3 is 0 Å². The molecule has 24 heavy (non-hydrogen) atoms. The Labute approximate surface area is 146 Å². The SMILES string of the molecule is C=C(C)COC1(CCNCC2C=C(CN3CCCC3)C=CC2)CO1. The van der Waals surface area contributed by atoms with Gasteiger partial charge in [-0.2, -0.15) is 0 Å². The molecule has 0 saturated carbocycles. The van der Waals surface area contributed by atoms with Gasteiger partial charge in [-0.25, -0.2) is 0 Å². The largest absolute Gasteiger partial charge is 0.343 e. The molecule has 2 heterocycles. The third-order valence-corrected chi connectivity index (χ3v) is 4.96. The Kier molecular flexibility index (Phi) is 6.28. The van der Waals surface area contributed by atoms with Crippen molar-refractivity contribution >= 4 is 0 Å². The molecule has 0 aromatic rings. The molecule has 2 unspecified atom stereocenters. The van der Waals surface area contributed by atoms with Crippen LogP contribution >= 0.6 is 0 Å². The van der Waals surface area contributed by atoms with E-state index in [4.69, 9.17) is 9.47 Å². The Bertz CT molecular complexity index is 488. The van der Waals surface area contributed by atoms with Gasteiger partial charge in [0, 0.05) is 26.1 Å². The molecule has 2 saturated heterocycles. The second-order valence-electron chi connectivity index (χ2n) is 7.52. The molecule has 3 aliphatic rings. The molecule has 2 fully saturated rings. The highest BCUT2D eigenvalue weighted by molar-refractivity contribution is 5.25. The van der Waals surface area contributed by atoms with Crippen LogP contribution in [0.25, 0.3) is 0 Å². The highest BCUT2D eigenvalue weighted by atomic mass is 16.8. The third kappa shape index (κ3) is 5.55. The van der Waals surface area contributed by atoms with Gasteiger partial charge in [-0.1, -0.05) is 30.4 Å². The highest BCUT2D eigenvalue weighted by Crippen LogP contribution is 2.32. The lowest BCUT2D eigenvalue weighted by molar-refractivity contribution is -0.0374. The van der Waals surface area contributed by atoms with Crippen LogP contribution in [0.3, 0.4) is 0 Å². The Hall–Kier alpha value is -0.940. The maximum absolute atomic E-state index is 5.80. The summed E-state index contributed by atoms with van der Waals surface area (Å²) in [7, 11) is 0.